The maximum Gasteiger partial charge on any atom is 0.122 e. The molecule has 0 amide bonds. The quantitative estimate of drug-likeness (QED) is 0.481. The first kappa shape index (κ1) is 18.7. The van der Waals surface area contributed by atoms with Crippen molar-refractivity contribution in [2.24, 2.45) is 0 Å². The second-order valence-corrected chi connectivity index (χ2v) is 13.3. The molecule has 0 aromatic heterocycles. The molecule has 0 spiro atoms. The Balaban J connectivity index is 2.13. The summed E-state index contributed by atoms with van der Waals surface area (Å²) in [5.74, 6) is 1.08. The molecule has 2 heteroatoms. The normalized spacial score (nSPS) is 16.4. The van der Waals surface area contributed by atoms with Gasteiger partial charge in [-0.3, -0.25) is 0 Å². The largest absolute Gasteiger partial charge is 0.489 e. The molecule has 1 aliphatic rings. The van der Waals surface area contributed by atoms with Gasteiger partial charge in [-0.2, -0.15) is 0 Å². The Morgan fingerprint density at radius 2 is 1.81 bits per heavy atom. The second kappa shape index (κ2) is 6.92. The standard InChI is InChI=1S/C24H30OSi/c1-7-17-25-23-20(24(2,3)4)13-10-14-22(23)26(5,6)21-16-15-18-11-8-9-12-19(18)21/h7-16,21H,1,17H2,2-6H3. The molecule has 2 aromatic carbocycles. The van der Waals surface area contributed by atoms with E-state index >= 15 is 0 Å². The van der Waals surface area contributed by atoms with E-state index in [2.05, 4.69) is 95.1 Å². The lowest BCUT2D eigenvalue weighted by Gasteiger charge is -2.34. The third-order valence-corrected chi connectivity index (χ3v) is 9.28. The summed E-state index contributed by atoms with van der Waals surface area (Å²) in [6.07, 6.45) is 6.52. The molecule has 1 nitrogen and oxygen atoms in total. The van der Waals surface area contributed by atoms with Crippen molar-refractivity contribution in [3.05, 3.63) is 77.9 Å². The molecule has 2 aromatic rings. The van der Waals surface area contributed by atoms with Crippen LogP contribution in [-0.2, 0) is 5.41 Å². The summed E-state index contributed by atoms with van der Waals surface area (Å²) in [6.45, 7) is 16.1. The van der Waals surface area contributed by atoms with Crippen molar-refractivity contribution in [1.29, 1.82) is 0 Å². The van der Waals surface area contributed by atoms with Crippen molar-refractivity contribution in [1.82, 2.24) is 0 Å². The molecule has 0 saturated heterocycles. The van der Waals surface area contributed by atoms with Crippen LogP contribution in [0.5, 0.6) is 5.75 Å². The first-order valence-corrected chi connectivity index (χ1v) is 12.5. The van der Waals surface area contributed by atoms with Crippen LogP contribution in [0.15, 0.2) is 61.2 Å². The van der Waals surface area contributed by atoms with Crippen LogP contribution < -0.4 is 9.92 Å². The molecule has 0 aliphatic heterocycles. The van der Waals surface area contributed by atoms with Gasteiger partial charge in [-0.15, -0.1) is 0 Å². The van der Waals surface area contributed by atoms with E-state index in [4.69, 9.17) is 4.74 Å². The van der Waals surface area contributed by atoms with E-state index in [1.54, 1.807) is 0 Å². The maximum atomic E-state index is 6.27. The van der Waals surface area contributed by atoms with Crippen LogP contribution in [0.25, 0.3) is 6.08 Å². The van der Waals surface area contributed by atoms with E-state index in [0.29, 0.717) is 12.1 Å². The summed E-state index contributed by atoms with van der Waals surface area (Å²) in [4.78, 5) is 0. The molecule has 1 unspecified atom stereocenters. The molecule has 0 saturated carbocycles. The molecule has 136 valence electrons. The van der Waals surface area contributed by atoms with Gasteiger partial charge in [-0.05, 0) is 27.3 Å². The lowest BCUT2D eigenvalue weighted by atomic mass is 9.86. The molecule has 3 rings (SSSR count). The zero-order valence-electron chi connectivity index (χ0n) is 16.7. The smallest absolute Gasteiger partial charge is 0.122 e. The average molecular weight is 363 g/mol. The van der Waals surface area contributed by atoms with Crippen molar-refractivity contribution >= 4 is 19.3 Å². The summed E-state index contributed by atoms with van der Waals surface area (Å²) in [5, 5.41) is 1.40. The van der Waals surface area contributed by atoms with Crippen LogP contribution in [-0.4, -0.2) is 14.7 Å². The fourth-order valence-electron chi connectivity index (χ4n) is 3.98. The fourth-order valence-corrected chi connectivity index (χ4v) is 7.25. The van der Waals surface area contributed by atoms with Crippen LogP contribution in [0, 0.1) is 0 Å². The number of hydrogen-bond donors (Lipinski definition) is 0. The van der Waals surface area contributed by atoms with Crippen LogP contribution in [0.2, 0.25) is 13.1 Å². The Labute approximate surface area is 159 Å². The van der Waals surface area contributed by atoms with Gasteiger partial charge >= 0.3 is 0 Å². The number of ether oxygens (including phenoxy) is 1. The Kier molecular flexibility index (Phi) is 4.98. The highest BCUT2D eigenvalue weighted by molar-refractivity contribution is 6.92. The van der Waals surface area contributed by atoms with E-state index < -0.39 is 8.07 Å². The van der Waals surface area contributed by atoms with Gasteiger partial charge in [0.05, 0.1) is 8.07 Å². The molecule has 0 fully saturated rings. The third kappa shape index (κ3) is 3.31. The predicted molar refractivity (Wildman–Crippen MR) is 116 cm³/mol. The molecule has 0 radical (unpaired) electrons. The van der Waals surface area contributed by atoms with E-state index in [-0.39, 0.29) is 5.41 Å². The van der Waals surface area contributed by atoms with Gasteiger partial charge in [-0.1, -0.05) is 101 Å². The monoisotopic (exact) mass is 362 g/mol. The summed E-state index contributed by atoms with van der Waals surface area (Å²) in [7, 11) is -1.85. The van der Waals surface area contributed by atoms with Crippen molar-refractivity contribution in [3.63, 3.8) is 0 Å². The number of rotatable bonds is 5. The van der Waals surface area contributed by atoms with E-state index in [0.717, 1.165) is 5.75 Å². The Bertz CT molecular complexity index is 840. The molecule has 26 heavy (non-hydrogen) atoms. The summed E-state index contributed by atoms with van der Waals surface area (Å²) in [5.41, 5.74) is 4.62. The number of hydrogen-bond acceptors (Lipinski definition) is 1. The predicted octanol–water partition coefficient (Wildman–Crippen LogP) is 5.81. The number of para-hydroxylation sites is 1. The van der Waals surface area contributed by atoms with Crippen molar-refractivity contribution in [2.45, 2.75) is 44.8 Å². The topological polar surface area (TPSA) is 9.23 Å². The van der Waals surface area contributed by atoms with Crippen LogP contribution >= 0.6 is 0 Å². The van der Waals surface area contributed by atoms with Gasteiger partial charge < -0.3 is 4.74 Å². The number of allylic oxidation sites excluding steroid dienone is 1. The van der Waals surface area contributed by atoms with Crippen molar-refractivity contribution in [3.8, 4) is 5.75 Å². The Hall–Kier alpha value is -2.06. The Morgan fingerprint density at radius 1 is 1.08 bits per heavy atom. The number of benzene rings is 2. The van der Waals surface area contributed by atoms with Crippen LogP contribution in [0.1, 0.15) is 43.0 Å². The summed E-state index contributed by atoms with van der Waals surface area (Å²) >= 11 is 0. The van der Waals surface area contributed by atoms with E-state index in [1.165, 1.54) is 21.9 Å². The highest BCUT2D eigenvalue weighted by atomic mass is 28.3. The molecule has 0 heterocycles. The van der Waals surface area contributed by atoms with Gasteiger partial charge in [0.15, 0.2) is 0 Å². The van der Waals surface area contributed by atoms with Gasteiger partial charge in [0, 0.05) is 5.54 Å². The lowest BCUT2D eigenvalue weighted by molar-refractivity contribution is 0.354. The first-order chi connectivity index (χ1) is 12.3. The average Bonchev–Trinajstić information content (AvgIpc) is 3.03. The zero-order valence-corrected chi connectivity index (χ0v) is 17.7. The van der Waals surface area contributed by atoms with Gasteiger partial charge in [0.25, 0.3) is 0 Å². The highest BCUT2D eigenvalue weighted by Gasteiger charge is 2.39. The van der Waals surface area contributed by atoms with Crippen molar-refractivity contribution < 1.29 is 4.74 Å². The molecule has 0 N–H and O–H groups in total. The minimum Gasteiger partial charge on any atom is -0.489 e. The minimum absolute atomic E-state index is 0.0421. The zero-order chi connectivity index (χ0) is 18.9. The fraction of sp³-hybridized carbons (Fsp3) is 0.333. The van der Waals surface area contributed by atoms with Crippen LogP contribution in [0.3, 0.4) is 0 Å². The van der Waals surface area contributed by atoms with Crippen molar-refractivity contribution in [2.75, 3.05) is 6.61 Å². The highest BCUT2D eigenvalue weighted by Crippen LogP contribution is 2.39. The van der Waals surface area contributed by atoms with Gasteiger partial charge in [-0.25, -0.2) is 0 Å². The summed E-state index contributed by atoms with van der Waals surface area (Å²) in [6, 6.07) is 15.5. The van der Waals surface area contributed by atoms with E-state index in [1.807, 2.05) is 6.08 Å². The Morgan fingerprint density at radius 3 is 2.50 bits per heavy atom. The molecular weight excluding hydrogens is 332 g/mol. The summed E-state index contributed by atoms with van der Waals surface area (Å²) < 4.78 is 6.27. The molecule has 0 bridgehead atoms. The van der Waals surface area contributed by atoms with Gasteiger partial charge in [0.2, 0.25) is 0 Å². The van der Waals surface area contributed by atoms with E-state index in [9.17, 15) is 0 Å². The second-order valence-electron chi connectivity index (χ2n) is 8.72. The first-order valence-electron chi connectivity index (χ1n) is 9.41. The molecule has 1 atom stereocenters. The number of fused-ring (bicyclic) bond motifs is 1. The third-order valence-electron chi connectivity index (χ3n) is 5.44. The SMILES string of the molecule is C=CCOc1c(C(C)(C)C)cccc1[Si](C)(C)C1C=Cc2ccccc21. The maximum absolute atomic E-state index is 6.27. The lowest BCUT2D eigenvalue weighted by Crippen LogP contribution is -2.48. The molecular formula is C24H30OSi. The minimum atomic E-state index is -1.85. The molecule has 1 aliphatic carbocycles. The van der Waals surface area contributed by atoms with Gasteiger partial charge in [0.1, 0.15) is 12.4 Å². The van der Waals surface area contributed by atoms with Crippen LogP contribution in [0.4, 0.5) is 0 Å².